The Labute approximate surface area is 103 Å². The number of benzene rings is 1. The molecule has 0 fully saturated rings. The topological polar surface area (TPSA) is 71.4 Å². The normalized spacial score (nSPS) is 11.9. The number of ketones is 1. The van der Waals surface area contributed by atoms with Gasteiger partial charge in [-0.3, -0.25) is 14.4 Å². The van der Waals surface area contributed by atoms with Crippen molar-refractivity contribution >= 4 is 29.6 Å². The van der Waals surface area contributed by atoms with Crippen molar-refractivity contribution in [2.24, 2.45) is 0 Å². The third-order valence-corrected chi connectivity index (χ3v) is 2.83. The first-order chi connectivity index (χ1) is 7.97. The van der Waals surface area contributed by atoms with Crippen molar-refractivity contribution in [2.45, 2.75) is 18.7 Å². The van der Waals surface area contributed by atoms with Crippen molar-refractivity contribution in [3.05, 3.63) is 34.9 Å². The van der Waals surface area contributed by atoms with Gasteiger partial charge in [0.2, 0.25) is 0 Å². The molecule has 1 rings (SSSR count). The van der Waals surface area contributed by atoms with Gasteiger partial charge in [0.05, 0.1) is 6.42 Å². The Bertz CT molecular complexity index is 468. The van der Waals surface area contributed by atoms with E-state index in [9.17, 15) is 14.4 Å². The molecule has 17 heavy (non-hydrogen) atoms. The fraction of sp³-hybridized carbons (Fsp3) is 0.250. The minimum Gasteiger partial charge on any atom is -0.481 e. The average molecular weight is 255 g/mol. The third-order valence-electron chi connectivity index (χ3n) is 2.31. The molecule has 0 aliphatic rings. The predicted octanol–water partition coefficient (Wildman–Crippen LogP) is 2.00. The minimum atomic E-state index is -1.04. The first-order valence-electron chi connectivity index (χ1n) is 4.90. The lowest BCUT2D eigenvalue weighted by molar-refractivity contribution is -0.136. The molecule has 90 valence electrons. The number of alkyl halides is 1. The summed E-state index contributed by atoms with van der Waals surface area (Å²) in [5.74, 6) is -1.37. The molecule has 0 heterocycles. The van der Waals surface area contributed by atoms with Gasteiger partial charge in [0.1, 0.15) is 11.7 Å². The van der Waals surface area contributed by atoms with E-state index in [1.54, 1.807) is 12.1 Å². The molecule has 1 aromatic rings. The van der Waals surface area contributed by atoms with Crippen molar-refractivity contribution in [1.29, 1.82) is 0 Å². The first-order valence-corrected chi connectivity index (χ1v) is 5.34. The summed E-state index contributed by atoms with van der Waals surface area (Å²) in [6, 6.07) is 4.62. The quantitative estimate of drug-likeness (QED) is 0.644. The molecular formula is C12H11ClO4. The lowest BCUT2D eigenvalue weighted by Gasteiger charge is -2.13. The Morgan fingerprint density at radius 3 is 2.59 bits per heavy atom. The van der Waals surface area contributed by atoms with Gasteiger partial charge in [0, 0.05) is 5.56 Å². The number of aliphatic carboxylic acids is 1. The zero-order valence-electron chi connectivity index (χ0n) is 9.14. The van der Waals surface area contributed by atoms with Crippen LogP contribution in [0.1, 0.15) is 33.8 Å². The van der Waals surface area contributed by atoms with Crippen LogP contribution in [0.5, 0.6) is 0 Å². The lowest BCUT2D eigenvalue weighted by Crippen LogP contribution is -2.11. The molecule has 1 N–H and O–H groups in total. The van der Waals surface area contributed by atoms with Crippen LogP contribution in [-0.2, 0) is 16.0 Å². The van der Waals surface area contributed by atoms with Crippen LogP contribution < -0.4 is 0 Å². The zero-order chi connectivity index (χ0) is 13.0. The van der Waals surface area contributed by atoms with E-state index in [-0.39, 0.29) is 17.8 Å². The van der Waals surface area contributed by atoms with Crippen LogP contribution in [0.15, 0.2) is 18.2 Å². The van der Waals surface area contributed by atoms with Gasteiger partial charge in [-0.2, -0.15) is 0 Å². The maximum atomic E-state index is 11.3. The fourth-order valence-electron chi connectivity index (χ4n) is 1.57. The Balaban J connectivity index is 3.34. The van der Waals surface area contributed by atoms with E-state index in [1.165, 1.54) is 13.0 Å². The van der Waals surface area contributed by atoms with E-state index in [0.29, 0.717) is 17.4 Å². The molecule has 1 unspecified atom stereocenters. The number of Topliss-reactive ketones (excluding diaryl/α,β-unsaturated/α-hetero) is 1. The smallest absolute Gasteiger partial charge is 0.307 e. The molecule has 0 aromatic heterocycles. The summed E-state index contributed by atoms with van der Waals surface area (Å²) in [5.41, 5.74) is 0.926. The standard InChI is InChI=1S/C12H11ClO4/c1-7(15)12(13)11-8(5-10(16)17)3-2-4-9(11)6-14/h2-4,6,12H,5H2,1H3,(H,16,17). The molecule has 4 nitrogen and oxygen atoms in total. The molecule has 0 aliphatic carbocycles. The Morgan fingerprint density at radius 1 is 1.47 bits per heavy atom. The maximum absolute atomic E-state index is 11.3. The second kappa shape index (κ2) is 5.59. The summed E-state index contributed by atoms with van der Waals surface area (Å²) in [6.07, 6.45) is 0.298. The van der Waals surface area contributed by atoms with Crippen LogP contribution >= 0.6 is 11.6 Å². The molecule has 1 aromatic carbocycles. The highest BCUT2D eigenvalue weighted by Gasteiger charge is 2.21. The van der Waals surface area contributed by atoms with Gasteiger partial charge < -0.3 is 5.11 Å². The second-order valence-electron chi connectivity index (χ2n) is 3.58. The van der Waals surface area contributed by atoms with E-state index < -0.39 is 11.3 Å². The maximum Gasteiger partial charge on any atom is 0.307 e. The van der Waals surface area contributed by atoms with E-state index in [1.807, 2.05) is 0 Å². The number of carbonyl (C=O) groups excluding carboxylic acids is 2. The summed E-state index contributed by atoms with van der Waals surface area (Å²) in [5, 5.41) is 7.76. The largest absolute Gasteiger partial charge is 0.481 e. The first kappa shape index (κ1) is 13.4. The lowest BCUT2D eigenvalue weighted by atomic mass is 9.95. The summed E-state index contributed by atoms with van der Waals surface area (Å²) in [4.78, 5) is 32.8. The van der Waals surface area contributed by atoms with Gasteiger partial charge in [0.15, 0.2) is 5.78 Å². The highest BCUT2D eigenvalue weighted by Crippen LogP contribution is 2.28. The van der Waals surface area contributed by atoms with Gasteiger partial charge in [-0.25, -0.2) is 0 Å². The second-order valence-corrected chi connectivity index (χ2v) is 4.02. The number of aldehydes is 1. The van der Waals surface area contributed by atoms with Gasteiger partial charge in [-0.1, -0.05) is 18.2 Å². The molecule has 0 spiro atoms. The zero-order valence-corrected chi connectivity index (χ0v) is 9.90. The van der Waals surface area contributed by atoms with Gasteiger partial charge >= 0.3 is 5.97 Å². The monoisotopic (exact) mass is 254 g/mol. The molecule has 0 saturated carbocycles. The summed E-state index contributed by atoms with van der Waals surface area (Å²) >= 11 is 5.91. The van der Waals surface area contributed by atoms with Crippen molar-refractivity contribution in [2.75, 3.05) is 0 Å². The number of carboxylic acid groups (broad SMARTS) is 1. The average Bonchev–Trinajstić information content (AvgIpc) is 2.26. The van der Waals surface area contributed by atoms with Crippen LogP contribution in [0, 0.1) is 0 Å². The van der Waals surface area contributed by atoms with E-state index >= 15 is 0 Å². The SMILES string of the molecule is CC(=O)C(Cl)c1c(C=O)cccc1CC(=O)O. The van der Waals surface area contributed by atoms with Gasteiger partial charge in [-0.15, -0.1) is 11.6 Å². The van der Waals surface area contributed by atoms with Crippen LogP contribution in [0.4, 0.5) is 0 Å². The third kappa shape index (κ3) is 3.14. The van der Waals surface area contributed by atoms with Crippen LogP contribution in [0.25, 0.3) is 0 Å². The molecule has 0 radical (unpaired) electrons. The molecular weight excluding hydrogens is 244 g/mol. The number of hydrogen-bond donors (Lipinski definition) is 1. The Kier molecular flexibility index (Phi) is 4.40. The predicted molar refractivity (Wildman–Crippen MR) is 62.4 cm³/mol. The summed E-state index contributed by atoms with van der Waals surface area (Å²) in [7, 11) is 0. The number of carboxylic acids is 1. The Hall–Kier alpha value is -1.68. The van der Waals surface area contributed by atoms with E-state index in [4.69, 9.17) is 16.7 Å². The number of carbonyl (C=O) groups is 3. The van der Waals surface area contributed by atoms with Gasteiger partial charge in [-0.05, 0) is 18.1 Å². The molecule has 0 amide bonds. The molecule has 1 atom stereocenters. The van der Waals surface area contributed by atoms with Crippen molar-refractivity contribution < 1.29 is 19.5 Å². The van der Waals surface area contributed by atoms with Crippen molar-refractivity contribution in [1.82, 2.24) is 0 Å². The molecule has 0 aliphatic heterocycles. The fourth-order valence-corrected chi connectivity index (χ4v) is 1.83. The number of rotatable bonds is 5. The van der Waals surface area contributed by atoms with E-state index in [0.717, 1.165) is 0 Å². The number of hydrogen-bond acceptors (Lipinski definition) is 3. The van der Waals surface area contributed by atoms with Crippen LogP contribution in [-0.4, -0.2) is 23.1 Å². The molecule has 0 saturated heterocycles. The molecule has 0 bridgehead atoms. The Morgan fingerprint density at radius 2 is 2.12 bits per heavy atom. The summed E-state index contributed by atoms with van der Waals surface area (Å²) in [6.45, 7) is 1.30. The van der Waals surface area contributed by atoms with Gasteiger partial charge in [0.25, 0.3) is 0 Å². The summed E-state index contributed by atoms with van der Waals surface area (Å²) < 4.78 is 0. The minimum absolute atomic E-state index is 0.249. The number of halogens is 1. The highest BCUT2D eigenvalue weighted by atomic mass is 35.5. The van der Waals surface area contributed by atoms with Crippen LogP contribution in [0.3, 0.4) is 0 Å². The van der Waals surface area contributed by atoms with Crippen molar-refractivity contribution in [3.8, 4) is 0 Å². The van der Waals surface area contributed by atoms with Crippen LogP contribution in [0.2, 0.25) is 0 Å². The highest BCUT2D eigenvalue weighted by molar-refractivity contribution is 6.31. The van der Waals surface area contributed by atoms with E-state index in [2.05, 4.69) is 0 Å². The molecule has 5 heteroatoms. The van der Waals surface area contributed by atoms with Crippen molar-refractivity contribution in [3.63, 3.8) is 0 Å².